The van der Waals surface area contributed by atoms with E-state index in [0.717, 1.165) is 21.1 Å². The molecule has 1 aromatic carbocycles. The van der Waals surface area contributed by atoms with E-state index >= 15 is 0 Å². The van der Waals surface area contributed by atoms with Crippen LogP contribution in [0.25, 0.3) is 22.3 Å². The lowest BCUT2D eigenvalue weighted by atomic mass is 10.2. The molecule has 0 radical (unpaired) electrons. The normalized spacial score (nSPS) is 11.1. The zero-order chi connectivity index (χ0) is 11.1. The van der Waals surface area contributed by atoms with E-state index in [1.54, 1.807) is 6.07 Å². The maximum Gasteiger partial charge on any atom is 0.222 e. The van der Waals surface area contributed by atoms with Crippen molar-refractivity contribution in [1.29, 1.82) is 0 Å². The molecule has 0 unspecified atom stereocenters. The number of hydrogen-bond donors (Lipinski definition) is 2. The molecule has 0 fully saturated rings. The smallest absolute Gasteiger partial charge is 0.222 e. The Balaban J connectivity index is 2.22. The lowest BCUT2D eigenvalue weighted by Crippen LogP contribution is -1.77. The van der Waals surface area contributed by atoms with Gasteiger partial charge in [-0.3, -0.25) is 0 Å². The number of nitrogens with two attached hydrogens (primary N) is 1. The zero-order valence-electron chi connectivity index (χ0n) is 8.20. The van der Waals surface area contributed by atoms with Gasteiger partial charge in [0.15, 0.2) is 0 Å². The summed E-state index contributed by atoms with van der Waals surface area (Å²) in [5.41, 5.74) is 8.13. The van der Waals surface area contributed by atoms with Crippen molar-refractivity contribution >= 4 is 32.7 Å². The molecule has 3 N–H and O–H groups in total. The number of benzene rings is 1. The van der Waals surface area contributed by atoms with E-state index in [9.17, 15) is 0 Å². The molecule has 2 heterocycles. The van der Waals surface area contributed by atoms with E-state index < -0.39 is 0 Å². The minimum atomic E-state index is 0.313. The second kappa shape index (κ2) is 3.38. The Labute approximate surface area is 99.6 Å². The molecule has 0 saturated heterocycles. The van der Waals surface area contributed by atoms with Gasteiger partial charge in [-0.25, -0.2) is 0 Å². The van der Waals surface area contributed by atoms with Crippen LogP contribution in [0.2, 0.25) is 0 Å². The third-order valence-electron chi connectivity index (χ3n) is 2.41. The highest BCUT2D eigenvalue weighted by atomic mass is 79.9. The average Bonchev–Trinajstić information content (AvgIpc) is 2.84. The maximum absolute atomic E-state index is 5.49. The van der Waals surface area contributed by atoms with Gasteiger partial charge in [-0.15, -0.1) is 0 Å². The fourth-order valence-corrected chi connectivity index (χ4v) is 2.15. The van der Waals surface area contributed by atoms with Crippen LogP contribution in [-0.2, 0) is 0 Å². The van der Waals surface area contributed by atoms with E-state index in [0.29, 0.717) is 11.6 Å². The second-order valence-corrected chi connectivity index (χ2v) is 4.36. The van der Waals surface area contributed by atoms with Crippen molar-refractivity contribution in [2.45, 2.75) is 0 Å². The van der Waals surface area contributed by atoms with Gasteiger partial charge < -0.3 is 15.2 Å². The Bertz CT molecular complexity index is 656. The van der Waals surface area contributed by atoms with Gasteiger partial charge in [0.25, 0.3) is 0 Å². The molecule has 3 rings (SSSR count). The molecule has 0 aliphatic carbocycles. The third-order valence-corrected chi connectivity index (χ3v) is 3.07. The van der Waals surface area contributed by atoms with Gasteiger partial charge in [-0.05, 0) is 28.1 Å². The lowest BCUT2D eigenvalue weighted by Gasteiger charge is -1.91. The number of hydrogen-bond acceptors (Lipinski definition) is 3. The Kier molecular flexibility index (Phi) is 2.00. The topological polar surface area (TPSA) is 67.8 Å². The average molecular weight is 278 g/mol. The van der Waals surface area contributed by atoms with Gasteiger partial charge in [0.05, 0.1) is 11.2 Å². The van der Waals surface area contributed by atoms with Crippen molar-refractivity contribution < 1.29 is 4.52 Å². The van der Waals surface area contributed by atoms with Crippen LogP contribution in [-0.4, -0.2) is 10.1 Å². The minimum Gasteiger partial charge on any atom is -0.368 e. The number of H-pyrrole nitrogens is 1. The van der Waals surface area contributed by atoms with Crippen LogP contribution >= 0.6 is 15.9 Å². The monoisotopic (exact) mass is 277 g/mol. The Morgan fingerprint density at radius 1 is 1.31 bits per heavy atom. The second-order valence-electron chi connectivity index (χ2n) is 3.50. The first-order valence-corrected chi connectivity index (χ1v) is 5.53. The number of nitrogens with one attached hydrogen (secondary N) is 1. The molecule has 3 aromatic rings. The molecule has 16 heavy (non-hydrogen) atoms. The number of anilines is 1. The van der Waals surface area contributed by atoms with Gasteiger partial charge in [-0.1, -0.05) is 17.3 Å². The van der Waals surface area contributed by atoms with Crippen LogP contribution in [0.1, 0.15) is 0 Å². The summed E-state index contributed by atoms with van der Waals surface area (Å²) in [5.74, 6) is 0.313. The van der Waals surface area contributed by atoms with Gasteiger partial charge >= 0.3 is 0 Å². The zero-order valence-corrected chi connectivity index (χ0v) is 9.78. The predicted molar refractivity (Wildman–Crippen MR) is 65.9 cm³/mol. The summed E-state index contributed by atoms with van der Waals surface area (Å²) in [7, 11) is 0. The van der Waals surface area contributed by atoms with Crippen LogP contribution < -0.4 is 5.73 Å². The first-order chi connectivity index (χ1) is 7.74. The highest BCUT2D eigenvalue weighted by molar-refractivity contribution is 9.10. The number of halogens is 1. The molecule has 0 atom stereocenters. The molecular formula is C11H8BrN3O. The van der Waals surface area contributed by atoms with Crippen LogP contribution in [0.3, 0.4) is 0 Å². The largest absolute Gasteiger partial charge is 0.368 e. The lowest BCUT2D eigenvalue weighted by molar-refractivity contribution is 0.439. The summed E-state index contributed by atoms with van der Waals surface area (Å²) in [5, 5.41) is 4.98. The van der Waals surface area contributed by atoms with Crippen molar-refractivity contribution in [1.82, 2.24) is 10.1 Å². The van der Waals surface area contributed by atoms with E-state index in [1.165, 1.54) is 0 Å². The number of nitrogens with zero attached hydrogens (tertiary/aromatic N) is 1. The van der Waals surface area contributed by atoms with Crippen molar-refractivity contribution in [2.24, 2.45) is 0 Å². The molecule has 0 amide bonds. The molecule has 0 aliphatic rings. The fourth-order valence-electron chi connectivity index (χ4n) is 1.67. The number of aromatic nitrogens is 2. The summed E-state index contributed by atoms with van der Waals surface area (Å²) in [6, 6.07) is 9.71. The van der Waals surface area contributed by atoms with Gasteiger partial charge in [0.1, 0.15) is 5.69 Å². The number of rotatable bonds is 1. The minimum absolute atomic E-state index is 0.313. The molecule has 0 aliphatic heterocycles. The SMILES string of the molecule is Nc1cc(-c2cc3cccc(Br)c3[nH]2)no1. The van der Waals surface area contributed by atoms with Gasteiger partial charge in [0, 0.05) is 15.9 Å². The van der Waals surface area contributed by atoms with E-state index in [4.69, 9.17) is 10.3 Å². The molecule has 0 bridgehead atoms. The number of nitrogen functional groups attached to an aromatic ring is 1. The van der Waals surface area contributed by atoms with E-state index in [1.807, 2.05) is 24.3 Å². The van der Waals surface area contributed by atoms with Crippen molar-refractivity contribution in [3.05, 3.63) is 34.8 Å². The molecule has 0 saturated carbocycles. The van der Waals surface area contributed by atoms with Crippen LogP contribution in [0.5, 0.6) is 0 Å². The quantitative estimate of drug-likeness (QED) is 0.718. The molecular weight excluding hydrogens is 270 g/mol. The van der Waals surface area contributed by atoms with Crippen LogP contribution in [0, 0.1) is 0 Å². The Morgan fingerprint density at radius 2 is 2.19 bits per heavy atom. The highest BCUT2D eigenvalue weighted by Gasteiger charge is 2.09. The van der Waals surface area contributed by atoms with Gasteiger partial charge in [0.2, 0.25) is 5.88 Å². The van der Waals surface area contributed by atoms with Crippen LogP contribution in [0.4, 0.5) is 5.88 Å². The summed E-state index contributed by atoms with van der Waals surface area (Å²) < 4.78 is 5.86. The molecule has 80 valence electrons. The van der Waals surface area contributed by atoms with Crippen molar-refractivity contribution in [3.8, 4) is 11.4 Å². The van der Waals surface area contributed by atoms with Gasteiger partial charge in [-0.2, -0.15) is 0 Å². The number of fused-ring (bicyclic) bond motifs is 1. The van der Waals surface area contributed by atoms with Crippen molar-refractivity contribution in [2.75, 3.05) is 5.73 Å². The molecule has 5 heteroatoms. The first-order valence-electron chi connectivity index (χ1n) is 4.74. The fraction of sp³-hybridized carbons (Fsp3) is 0. The number of para-hydroxylation sites is 1. The Morgan fingerprint density at radius 3 is 2.88 bits per heavy atom. The molecule has 2 aromatic heterocycles. The number of aromatic amines is 1. The van der Waals surface area contributed by atoms with E-state index in [2.05, 4.69) is 26.1 Å². The summed E-state index contributed by atoms with van der Waals surface area (Å²) in [6.45, 7) is 0. The molecule has 4 nitrogen and oxygen atoms in total. The summed E-state index contributed by atoms with van der Waals surface area (Å²) >= 11 is 3.49. The highest BCUT2D eigenvalue weighted by Crippen LogP contribution is 2.28. The van der Waals surface area contributed by atoms with Crippen LogP contribution in [0.15, 0.2) is 39.3 Å². The Hall–Kier alpha value is -1.75. The standard InChI is InChI=1S/C11H8BrN3O/c12-7-3-1-2-6-4-8(14-11(6)7)9-5-10(13)16-15-9/h1-5,14H,13H2. The van der Waals surface area contributed by atoms with E-state index in [-0.39, 0.29) is 0 Å². The predicted octanol–water partition coefficient (Wildman–Crippen LogP) is 3.17. The maximum atomic E-state index is 5.49. The first kappa shape index (κ1) is 9.47. The summed E-state index contributed by atoms with van der Waals surface area (Å²) in [6.07, 6.45) is 0. The van der Waals surface area contributed by atoms with Crippen molar-refractivity contribution in [3.63, 3.8) is 0 Å². The molecule has 0 spiro atoms. The summed E-state index contributed by atoms with van der Waals surface area (Å²) in [4.78, 5) is 3.27. The third kappa shape index (κ3) is 1.40.